The second kappa shape index (κ2) is 3.88. The minimum Gasteiger partial charge on any atom is -0.241 e. The maximum atomic E-state index is 10.8. The fourth-order valence-corrected chi connectivity index (χ4v) is 2.83. The van der Waals surface area contributed by atoms with Crippen molar-refractivity contribution in [1.29, 1.82) is 0 Å². The number of aryl methyl sites for hydroxylation is 1. The number of hydrogen-bond acceptors (Lipinski definition) is 4. The number of sulfonamides is 1. The highest BCUT2D eigenvalue weighted by atomic mass is 32.2. The van der Waals surface area contributed by atoms with Gasteiger partial charge < -0.3 is 0 Å². The van der Waals surface area contributed by atoms with Gasteiger partial charge in [-0.05, 0) is 12.1 Å². The van der Waals surface area contributed by atoms with E-state index < -0.39 is 10.0 Å². The Morgan fingerprint density at radius 1 is 1.33 bits per heavy atom. The quantitative estimate of drug-likeness (QED) is 0.876. The number of nitrogens with zero attached hydrogens (tertiary/aromatic N) is 1. The van der Waals surface area contributed by atoms with E-state index in [1.807, 2.05) is 24.3 Å². The van der Waals surface area contributed by atoms with Gasteiger partial charge in [0.25, 0.3) is 0 Å². The molecule has 2 aromatic rings. The molecule has 0 aliphatic rings. The number of fused-ring (bicyclic) bond motifs is 1. The van der Waals surface area contributed by atoms with E-state index in [0.29, 0.717) is 6.42 Å². The van der Waals surface area contributed by atoms with Gasteiger partial charge in [0.15, 0.2) is 0 Å². The smallest absolute Gasteiger partial charge is 0.209 e. The van der Waals surface area contributed by atoms with Crippen LogP contribution in [0.25, 0.3) is 10.2 Å². The van der Waals surface area contributed by atoms with Gasteiger partial charge in [0.1, 0.15) is 0 Å². The zero-order chi connectivity index (χ0) is 10.9. The third kappa shape index (κ3) is 2.74. The average molecular weight is 242 g/mol. The van der Waals surface area contributed by atoms with Gasteiger partial charge >= 0.3 is 0 Å². The van der Waals surface area contributed by atoms with Gasteiger partial charge in [0, 0.05) is 6.42 Å². The lowest BCUT2D eigenvalue weighted by molar-refractivity contribution is 0.597. The standard InChI is InChI=1S/C9H10N2O2S2/c10-15(12,13)6-5-9-11-7-3-1-2-4-8(7)14-9/h1-4H,5-6H2,(H2,10,12,13). The van der Waals surface area contributed by atoms with Gasteiger partial charge in [-0.15, -0.1) is 11.3 Å². The molecule has 1 aromatic heterocycles. The second-order valence-corrected chi connectivity index (χ2v) is 6.04. The summed E-state index contributed by atoms with van der Waals surface area (Å²) in [6.07, 6.45) is 0.387. The van der Waals surface area contributed by atoms with Gasteiger partial charge in [-0.25, -0.2) is 18.5 Å². The molecule has 0 saturated carbocycles. The minimum absolute atomic E-state index is 0.0488. The monoisotopic (exact) mass is 242 g/mol. The Labute approximate surface area is 91.8 Å². The molecular weight excluding hydrogens is 232 g/mol. The number of rotatable bonds is 3. The van der Waals surface area contributed by atoms with Crippen LogP contribution in [0, 0.1) is 0 Å². The number of thiazole rings is 1. The van der Waals surface area contributed by atoms with Crippen LogP contribution in [-0.2, 0) is 16.4 Å². The van der Waals surface area contributed by atoms with Gasteiger partial charge in [-0.1, -0.05) is 12.1 Å². The molecule has 0 spiro atoms. The van der Waals surface area contributed by atoms with Gasteiger partial charge in [0.2, 0.25) is 10.0 Å². The normalized spacial score (nSPS) is 12.1. The molecule has 0 bridgehead atoms. The van der Waals surface area contributed by atoms with Crippen molar-refractivity contribution in [2.24, 2.45) is 5.14 Å². The predicted molar refractivity (Wildman–Crippen MR) is 61.3 cm³/mol. The Kier molecular flexibility index (Phi) is 2.72. The molecule has 2 N–H and O–H groups in total. The lowest BCUT2D eigenvalue weighted by Gasteiger charge is -1.93. The third-order valence-corrected chi connectivity index (χ3v) is 3.81. The van der Waals surface area contributed by atoms with Crippen molar-refractivity contribution in [3.05, 3.63) is 29.3 Å². The van der Waals surface area contributed by atoms with Crippen LogP contribution in [-0.4, -0.2) is 19.2 Å². The van der Waals surface area contributed by atoms with Gasteiger partial charge in [-0.3, -0.25) is 0 Å². The molecule has 2 rings (SSSR count). The van der Waals surface area contributed by atoms with E-state index in [4.69, 9.17) is 5.14 Å². The first-order valence-corrected chi connectivity index (χ1v) is 6.93. The van der Waals surface area contributed by atoms with Gasteiger partial charge in [0.05, 0.1) is 21.0 Å². The highest BCUT2D eigenvalue weighted by Gasteiger charge is 2.07. The summed E-state index contributed by atoms with van der Waals surface area (Å²) >= 11 is 1.51. The summed E-state index contributed by atoms with van der Waals surface area (Å²) in [6, 6.07) is 7.72. The Hall–Kier alpha value is -0.980. The number of benzene rings is 1. The summed E-state index contributed by atoms with van der Waals surface area (Å²) in [5.74, 6) is -0.0488. The molecule has 0 amide bonds. The molecule has 0 unspecified atom stereocenters. The first kappa shape index (κ1) is 10.5. The Morgan fingerprint density at radius 2 is 2.07 bits per heavy atom. The Bertz CT molecular complexity index is 542. The third-order valence-electron chi connectivity index (χ3n) is 1.94. The van der Waals surface area contributed by atoms with Gasteiger partial charge in [-0.2, -0.15) is 0 Å². The number of primary sulfonamides is 1. The lowest BCUT2D eigenvalue weighted by atomic mass is 10.3. The van der Waals surface area contributed by atoms with Crippen molar-refractivity contribution >= 4 is 31.6 Å². The molecular formula is C9H10N2O2S2. The molecule has 1 heterocycles. The summed E-state index contributed by atoms with van der Waals surface area (Å²) < 4.78 is 22.6. The van der Waals surface area contributed by atoms with Crippen molar-refractivity contribution in [3.63, 3.8) is 0 Å². The highest BCUT2D eigenvalue weighted by Crippen LogP contribution is 2.21. The Balaban J connectivity index is 2.23. The summed E-state index contributed by atoms with van der Waals surface area (Å²) in [7, 11) is -3.39. The lowest BCUT2D eigenvalue weighted by Crippen LogP contribution is -2.17. The molecule has 15 heavy (non-hydrogen) atoms. The van der Waals surface area contributed by atoms with Crippen molar-refractivity contribution in [1.82, 2.24) is 4.98 Å². The number of nitrogens with two attached hydrogens (primary N) is 1. The van der Waals surface area contributed by atoms with E-state index in [2.05, 4.69) is 4.98 Å². The summed E-state index contributed by atoms with van der Waals surface area (Å²) in [5.41, 5.74) is 0.909. The molecule has 0 atom stereocenters. The molecule has 0 aliphatic carbocycles. The van der Waals surface area contributed by atoms with E-state index in [-0.39, 0.29) is 5.75 Å². The number of aromatic nitrogens is 1. The molecule has 6 heteroatoms. The zero-order valence-electron chi connectivity index (χ0n) is 7.88. The highest BCUT2D eigenvalue weighted by molar-refractivity contribution is 7.89. The molecule has 0 aliphatic heterocycles. The van der Waals surface area contributed by atoms with Crippen LogP contribution in [0.4, 0.5) is 0 Å². The SMILES string of the molecule is NS(=O)(=O)CCc1nc2ccccc2s1. The fourth-order valence-electron chi connectivity index (χ4n) is 1.26. The molecule has 1 aromatic carbocycles. The van der Waals surface area contributed by atoms with E-state index in [1.54, 1.807) is 0 Å². The van der Waals surface area contributed by atoms with Crippen LogP contribution in [0.5, 0.6) is 0 Å². The van der Waals surface area contributed by atoms with E-state index in [1.165, 1.54) is 11.3 Å². The zero-order valence-corrected chi connectivity index (χ0v) is 9.51. The average Bonchev–Trinajstić information content (AvgIpc) is 2.56. The minimum atomic E-state index is -3.39. The van der Waals surface area contributed by atoms with Crippen molar-refractivity contribution in [2.45, 2.75) is 6.42 Å². The first-order chi connectivity index (χ1) is 7.04. The Morgan fingerprint density at radius 3 is 2.73 bits per heavy atom. The second-order valence-electron chi connectivity index (χ2n) is 3.19. The van der Waals surface area contributed by atoms with Crippen LogP contribution < -0.4 is 5.14 Å². The molecule has 0 radical (unpaired) electrons. The maximum Gasteiger partial charge on any atom is 0.209 e. The van der Waals surface area contributed by atoms with Crippen LogP contribution in [0.3, 0.4) is 0 Å². The number of para-hydroxylation sites is 1. The van der Waals surface area contributed by atoms with Crippen LogP contribution in [0.15, 0.2) is 24.3 Å². The van der Waals surface area contributed by atoms with Crippen LogP contribution in [0.1, 0.15) is 5.01 Å². The molecule has 0 saturated heterocycles. The molecule has 4 nitrogen and oxygen atoms in total. The van der Waals surface area contributed by atoms with Crippen LogP contribution >= 0.6 is 11.3 Å². The maximum absolute atomic E-state index is 10.8. The van der Waals surface area contributed by atoms with Crippen molar-refractivity contribution in [3.8, 4) is 0 Å². The van der Waals surface area contributed by atoms with E-state index in [9.17, 15) is 8.42 Å². The summed E-state index contributed by atoms with van der Waals surface area (Å²) in [4.78, 5) is 4.31. The van der Waals surface area contributed by atoms with E-state index in [0.717, 1.165) is 15.2 Å². The predicted octanol–water partition coefficient (Wildman–Crippen LogP) is 1.13. The van der Waals surface area contributed by atoms with Crippen LogP contribution in [0.2, 0.25) is 0 Å². The molecule has 0 fully saturated rings. The summed E-state index contributed by atoms with van der Waals surface area (Å²) in [5, 5.41) is 5.74. The largest absolute Gasteiger partial charge is 0.241 e. The fraction of sp³-hybridized carbons (Fsp3) is 0.222. The topological polar surface area (TPSA) is 73.1 Å². The van der Waals surface area contributed by atoms with E-state index >= 15 is 0 Å². The van der Waals surface area contributed by atoms with Crippen molar-refractivity contribution < 1.29 is 8.42 Å². The van der Waals surface area contributed by atoms with Crippen molar-refractivity contribution in [2.75, 3.05) is 5.75 Å². The number of hydrogen-bond donors (Lipinski definition) is 1. The summed E-state index contributed by atoms with van der Waals surface area (Å²) in [6.45, 7) is 0. The first-order valence-electron chi connectivity index (χ1n) is 4.39. The molecule has 80 valence electrons.